The van der Waals surface area contributed by atoms with E-state index in [0.29, 0.717) is 0 Å². The summed E-state index contributed by atoms with van der Waals surface area (Å²) in [6.07, 6.45) is -0.685. The normalized spacial score (nSPS) is 15.6. The van der Waals surface area contributed by atoms with Gasteiger partial charge < -0.3 is 5.11 Å². The van der Waals surface area contributed by atoms with Crippen molar-refractivity contribution in [2.75, 3.05) is 5.88 Å². The van der Waals surface area contributed by atoms with Crippen molar-refractivity contribution in [2.24, 2.45) is 0 Å². The average Bonchev–Trinajstić information content (AvgIpc) is 2.17. The van der Waals surface area contributed by atoms with Crippen molar-refractivity contribution in [3.63, 3.8) is 0 Å². The van der Waals surface area contributed by atoms with Crippen LogP contribution in [-0.2, 0) is 0 Å². The van der Waals surface area contributed by atoms with Gasteiger partial charge >= 0.3 is 0 Å². The molecule has 0 spiro atoms. The molecule has 0 fully saturated rings. The van der Waals surface area contributed by atoms with E-state index in [-0.39, 0.29) is 5.88 Å². The molecule has 0 aliphatic carbocycles. The van der Waals surface area contributed by atoms with Crippen LogP contribution < -0.4 is 0 Å². The quantitative estimate of drug-likeness (QED) is 0.752. The number of aliphatic hydroxyl groups is 1. The van der Waals surface area contributed by atoms with Crippen LogP contribution in [-0.4, -0.2) is 17.1 Å². The first-order chi connectivity index (χ1) is 5.75. The summed E-state index contributed by atoms with van der Waals surface area (Å²) in [4.78, 5) is 0. The second-order valence-electron chi connectivity index (χ2n) is 2.53. The van der Waals surface area contributed by atoms with E-state index < -0.39 is 11.5 Å². The first-order valence-corrected chi connectivity index (χ1v) is 4.66. The van der Waals surface area contributed by atoms with Gasteiger partial charge in [0.05, 0.1) is 17.4 Å². The first kappa shape index (κ1) is 9.85. The van der Waals surface area contributed by atoms with Crippen molar-refractivity contribution in [3.05, 3.63) is 35.9 Å². The van der Waals surface area contributed by atoms with Gasteiger partial charge in [-0.05, 0) is 5.56 Å². The van der Waals surface area contributed by atoms with Crippen LogP contribution in [0.2, 0.25) is 0 Å². The van der Waals surface area contributed by atoms with Gasteiger partial charge in [0.25, 0.3) is 0 Å². The highest BCUT2D eigenvalue weighted by molar-refractivity contribution is 6.23. The van der Waals surface area contributed by atoms with Crippen LogP contribution in [0.5, 0.6) is 0 Å². The average molecular weight is 205 g/mol. The largest absolute Gasteiger partial charge is 0.390 e. The minimum absolute atomic E-state index is 0.156. The van der Waals surface area contributed by atoms with Crippen LogP contribution in [0.15, 0.2) is 30.3 Å². The lowest BCUT2D eigenvalue weighted by atomic mass is 10.1. The zero-order chi connectivity index (χ0) is 8.97. The Hall–Kier alpha value is -0.240. The van der Waals surface area contributed by atoms with E-state index in [9.17, 15) is 5.11 Å². The predicted molar refractivity (Wildman–Crippen MR) is 51.8 cm³/mol. The standard InChI is InChI=1S/C9H10Cl2O/c10-6-8(12)9(11)7-4-2-1-3-5-7/h1-5,8-9,12H,6H2. The molecule has 3 heteroatoms. The molecule has 0 heterocycles. The number of aliphatic hydroxyl groups excluding tert-OH is 1. The van der Waals surface area contributed by atoms with Gasteiger partial charge in [0.15, 0.2) is 0 Å². The highest BCUT2D eigenvalue weighted by atomic mass is 35.5. The van der Waals surface area contributed by atoms with Gasteiger partial charge in [-0.2, -0.15) is 0 Å². The molecule has 0 bridgehead atoms. The summed E-state index contributed by atoms with van der Waals surface area (Å²) in [6, 6.07) is 9.40. The summed E-state index contributed by atoms with van der Waals surface area (Å²) >= 11 is 11.4. The van der Waals surface area contributed by atoms with Gasteiger partial charge in [-0.3, -0.25) is 0 Å². The Balaban J connectivity index is 2.71. The monoisotopic (exact) mass is 204 g/mol. The minimum Gasteiger partial charge on any atom is -0.390 e. The van der Waals surface area contributed by atoms with Crippen molar-refractivity contribution < 1.29 is 5.11 Å². The van der Waals surface area contributed by atoms with Crippen LogP contribution in [0, 0.1) is 0 Å². The molecule has 12 heavy (non-hydrogen) atoms. The molecule has 1 rings (SSSR count). The Kier molecular flexibility index (Phi) is 3.86. The van der Waals surface area contributed by atoms with Crippen LogP contribution in [0.3, 0.4) is 0 Å². The maximum absolute atomic E-state index is 9.32. The molecule has 0 saturated carbocycles. The molecule has 2 atom stereocenters. The molecule has 1 N–H and O–H groups in total. The van der Waals surface area contributed by atoms with Crippen LogP contribution in [0.1, 0.15) is 10.9 Å². The van der Waals surface area contributed by atoms with Crippen molar-refractivity contribution in [1.29, 1.82) is 0 Å². The summed E-state index contributed by atoms with van der Waals surface area (Å²) in [5.41, 5.74) is 0.896. The number of halogens is 2. The Morgan fingerprint density at radius 3 is 2.33 bits per heavy atom. The Morgan fingerprint density at radius 1 is 1.25 bits per heavy atom. The second kappa shape index (κ2) is 4.70. The van der Waals surface area contributed by atoms with E-state index in [0.717, 1.165) is 5.56 Å². The SMILES string of the molecule is OC(CCl)C(Cl)c1ccccc1. The van der Waals surface area contributed by atoms with E-state index in [4.69, 9.17) is 23.2 Å². The molecule has 1 aromatic carbocycles. The van der Waals surface area contributed by atoms with Gasteiger partial charge in [0.1, 0.15) is 0 Å². The molecule has 0 amide bonds. The molecular formula is C9H10Cl2O. The first-order valence-electron chi connectivity index (χ1n) is 3.68. The van der Waals surface area contributed by atoms with Gasteiger partial charge in [0, 0.05) is 0 Å². The molecule has 66 valence electrons. The summed E-state index contributed by atoms with van der Waals surface area (Å²) in [6.45, 7) is 0. The zero-order valence-electron chi connectivity index (χ0n) is 6.45. The van der Waals surface area contributed by atoms with E-state index >= 15 is 0 Å². The van der Waals surface area contributed by atoms with Crippen molar-refractivity contribution in [3.8, 4) is 0 Å². The van der Waals surface area contributed by atoms with E-state index in [1.165, 1.54) is 0 Å². The molecule has 0 aliphatic heterocycles. The van der Waals surface area contributed by atoms with E-state index in [1.54, 1.807) is 0 Å². The van der Waals surface area contributed by atoms with Crippen LogP contribution in [0.25, 0.3) is 0 Å². The fraction of sp³-hybridized carbons (Fsp3) is 0.333. The van der Waals surface area contributed by atoms with E-state index in [1.807, 2.05) is 30.3 Å². The number of hydrogen-bond acceptors (Lipinski definition) is 1. The summed E-state index contributed by atoms with van der Waals surface area (Å²) in [7, 11) is 0. The van der Waals surface area contributed by atoms with E-state index in [2.05, 4.69) is 0 Å². The maximum Gasteiger partial charge on any atom is 0.0879 e. The lowest BCUT2D eigenvalue weighted by Gasteiger charge is -2.13. The fourth-order valence-electron chi connectivity index (χ4n) is 0.937. The number of rotatable bonds is 3. The van der Waals surface area contributed by atoms with Crippen molar-refractivity contribution in [2.45, 2.75) is 11.5 Å². The summed E-state index contributed by atoms with van der Waals surface area (Å²) < 4.78 is 0. The molecule has 0 aromatic heterocycles. The van der Waals surface area contributed by atoms with Crippen LogP contribution in [0.4, 0.5) is 0 Å². The Bertz CT molecular complexity index is 225. The molecular weight excluding hydrogens is 195 g/mol. The lowest BCUT2D eigenvalue weighted by Crippen LogP contribution is -2.15. The molecule has 1 aromatic rings. The third-order valence-corrected chi connectivity index (χ3v) is 2.47. The predicted octanol–water partition coefficient (Wildman–Crippen LogP) is 2.57. The van der Waals surface area contributed by atoms with Crippen LogP contribution >= 0.6 is 23.2 Å². The highest BCUT2D eigenvalue weighted by Gasteiger charge is 2.16. The Labute approximate surface area is 81.9 Å². The lowest BCUT2D eigenvalue weighted by molar-refractivity contribution is 0.193. The maximum atomic E-state index is 9.32. The van der Waals surface area contributed by atoms with Gasteiger partial charge in [0.2, 0.25) is 0 Å². The fourth-order valence-corrected chi connectivity index (χ4v) is 1.44. The van der Waals surface area contributed by atoms with Gasteiger partial charge in [-0.15, -0.1) is 23.2 Å². The molecule has 2 unspecified atom stereocenters. The number of benzene rings is 1. The number of alkyl halides is 2. The zero-order valence-corrected chi connectivity index (χ0v) is 7.96. The molecule has 0 aliphatic rings. The van der Waals surface area contributed by atoms with Gasteiger partial charge in [-0.25, -0.2) is 0 Å². The van der Waals surface area contributed by atoms with Gasteiger partial charge in [-0.1, -0.05) is 30.3 Å². The number of hydrogen-bond donors (Lipinski definition) is 1. The Morgan fingerprint density at radius 2 is 1.83 bits per heavy atom. The molecule has 0 radical (unpaired) electrons. The molecule has 0 saturated heterocycles. The summed E-state index contributed by atoms with van der Waals surface area (Å²) in [5, 5.41) is 8.90. The summed E-state index contributed by atoms with van der Waals surface area (Å²) in [5.74, 6) is 0.156. The highest BCUT2D eigenvalue weighted by Crippen LogP contribution is 2.24. The third kappa shape index (κ3) is 2.37. The minimum atomic E-state index is -0.685. The molecule has 1 nitrogen and oxygen atoms in total. The second-order valence-corrected chi connectivity index (χ2v) is 3.31. The van der Waals surface area contributed by atoms with Crippen molar-refractivity contribution in [1.82, 2.24) is 0 Å². The topological polar surface area (TPSA) is 20.2 Å². The third-order valence-electron chi connectivity index (χ3n) is 1.61. The smallest absolute Gasteiger partial charge is 0.0879 e. The van der Waals surface area contributed by atoms with Crippen molar-refractivity contribution >= 4 is 23.2 Å².